The highest BCUT2D eigenvalue weighted by Crippen LogP contribution is 2.28. The second-order valence-corrected chi connectivity index (χ2v) is 3.32. The van der Waals surface area contributed by atoms with Gasteiger partial charge in [0.1, 0.15) is 0 Å². The van der Waals surface area contributed by atoms with Crippen molar-refractivity contribution in [1.29, 1.82) is 0 Å². The van der Waals surface area contributed by atoms with Gasteiger partial charge in [-0.25, -0.2) is 0 Å². The Balaban J connectivity index is 2.25. The van der Waals surface area contributed by atoms with Crippen LogP contribution in [0.4, 0.5) is 0 Å². The minimum atomic E-state index is -0.962. The average Bonchev–Trinajstić information content (AvgIpc) is 2.06. The molecule has 0 spiro atoms. The van der Waals surface area contributed by atoms with Crippen molar-refractivity contribution in [1.82, 2.24) is 0 Å². The lowest BCUT2D eigenvalue weighted by atomic mass is 9.82. The van der Waals surface area contributed by atoms with Crippen LogP contribution >= 0.6 is 0 Å². The number of hydrogen-bond donors (Lipinski definition) is 0. The fraction of sp³-hybridized carbons (Fsp3) is 0.875. The average molecular weight is 172 g/mol. The predicted octanol–water partition coefficient (Wildman–Crippen LogP) is -1.17. The summed E-state index contributed by atoms with van der Waals surface area (Å²) in [5.74, 6) is -1.03. The van der Waals surface area contributed by atoms with Crippen LogP contribution in [0.15, 0.2) is 0 Å². The fourth-order valence-electron chi connectivity index (χ4n) is 1.66. The van der Waals surface area contributed by atoms with Crippen molar-refractivity contribution in [2.24, 2.45) is 11.8 Å². The SMILES string of the molecule is O=C([O-])C1CCC(CO[O-])CC1. The molecule has 70 valence electrons. The van der Waals surface area contributed by atoms with Crippen LogP contribution in [0.1, 0.15) is 25.7 Å². The van der Waals surface area contributed by atoms with Crippen LogP contribution in [0.2, 0.25) is 0 Å². The first-order valence-corrected chi connectivity index (χ1v) is 4.19. The maximum atomic E-state index is 10.4. The number of carboxylic acid groups (broad SMARTS) is 1. The van der Waals surface area contributed by atoms with E-state index in [0.717, 1.165) is 12.8 Å². The Kier molecular flexibility index (Phi) is 3.49. The second-order valence-electron chi connectivity index (χ2n) is 3.32. The van der Waals surface area contributed by atoms with E-state index in [1.54, 1.807) is 0 Å². The van der Waals surface area contributed by atoms with Crippen molar-refractivity contribution >= 4 is 5.97 Å². The summed E-state index contributed by atoms with van der Waals surface area (Å²) in [6.07, 6.45) is 2.77. The fourth-order valence-corrected chi connectivity index (χ4v) is 1.66. The van der Waals surface area contributed by atoms with Crippen LogP contribution < -0.4 is 10.4 Å². The van der Waals surface area contributed by atoms with Crippen LogP contribution in [-0.2, 0) is 9.68 Å². The first kappa shape index (κ1) is 9.48. The molecule has 1 saturated carbocycles. The van der Waals surface area contributed by atoms with Gasteiger partial charge in [-0.3, -0.25) is 0 Å². The van der Waals surface area contributed by atoms with Gasteiger partial charge in [0.25, 0.3) is 0 Å². The molecule has 1 fully saturated rings. The quantitative estimate of drug-likeness (QED) is 0.397. The highest BCUT2D eigenvalue weighted by Gasteiger charge is 2.20. The van der Waals surface area contributed by atoms with E-state index in [1.165, 1.54) is 0 Å². The molecule has 4 nitrogen and oxygen atoms in total. The Morgan fingerprint density at radius 2 is 1.92 bits per heavy atom. The topological polar surface area (TPSA) is 72.4 Å². The number of rotatable bonds is 3. The molecule has 0 unspecified atom stereocenters. The largest absolute Gasteiger partial charge is 0.723 e. The molecule has 0 aromatic carbocycles. The summed E-state index contributed by atoms with van der Waals surface area (Å²) in [4.78, 5) is 14.2. The van der Waals surface area contributed by atoms with E-state index in [4.69, 9.17) is 0 Å². The van der Waals surface area contributed by atoms with Gasteiger partial charge in [0, 0.05) is 12.6 Å². The predicted molar refractivity (Wildman–Crippen MR) is 36.4 cm³/mol. The highest BCUT2D eigenvalue weighted by molar-refractivity contribution is 5.67. The first-order chi connectivity index (χ1) is 5.74. The second kappa shape index (κ2) is 4.42. The molecule has 0 radical (unpaired) electrons. The third kappa shape index (κ3) is 2.46. The summed E-state index contributed by atoms with van der Waals surface area (Å²) < 4.78 is 0. The monoisotopic (exact) mass is 172 g/mol. The maximum absolute atomic E-state index is 10.4. The van der Waals surface area contributed by atoms with Crippen LogP contribution in [0.5, 0.6) is 0 Å². The summed E-state index contributed by atoms with van der Waals surface area (Å²) in [6, 6.07) is 0. The zero-order valence-corrected chi connectivity index (χ0v) is 6.82. The summed E-state index contributed by atoms with van der Waals surface area (Å²) in [6.45, 7) is 0.208. The number of hydrogen-bond acceptors (Lipinski definition) is 4. The molecule has 0 aromatic heterocycles. The van der Waals surface area contributed by atoms with E-state index in [0.29, 0.717) is 12.8 Å². The number of carbonyl (C=O) groups excluding carboxylic acids is 1. The maximum Gasteiger partial charge on any atom is 0.0445 e. The van der Waals surface area contributed by atoms with Crippen molar-refractivity contribution < 1.29 is 20.0 Å². The van der Waals surface area contributed by atoms with E-state index in [2.05, 4.69) is 4.89 Å². The zero-order chi connectivity index (χ0) is 8.97. The van der Waals surface area contributed by atoms with Crippen molar-refractivity contribution in [3.63, 3.8) is 0 Å². The van der Waals surface area contributed by atoms with Crippen LogP contribution in [0.25, 0.3) is 0 Å². The zero-order valence-electron chi connectivity index (χ0n) is 6.82. The summed E-state index contributed by atoms with van der Waals surface area (Å²) in [5, 5.41) is 20.2. The van der Waals surface area contributed by atoms with Gasteiger partial charge in [0.15, 0.2) is 0 Å². The number of carbonyl (C=O) groups is 1. The molecule has 4 heteroatoms. The van der Waals surface area contributed by atoms with Crippen molar-refractivity contribution in [3.8, 4) is 0 Å². The lowest BCUT2D eigenvalue weighted by molar-refractivity contribution is -0.691. The van der Waals surface area contributed by atoms with Crippen molar-refractivity contribution in [2.75, 3.05) is 6.61 Å². The molecule has 1 aliphatic rings. The van der Waals surface area contributed by atoms with E-state index >= 15 is 0 Å². The molecule has 0 aromatic rings. The highest BCUT2D eigenvalue weighted by atomic mass is 17.1. The Bertz CT molecular complexity index is 149. The minimum absolute atomic E-state index is 0.208. The lowest BCUT2D eigenvalue weighted by Crippen LogP contribution is -2.34. The Labute approximate surface area is 71.1 Å². The molecule has 0 saturated heterocycles. The Morgan fingerprint density at radius 1 is 1.33 bits per heavy atom. The molecule has 0 bridgehead atoms. The molecule has 0 heterocycles. The van der Waals surface area contributed by atoms with Gasteiger partial charge in [0.2, 0.25) is 0 Å². The van der Waals surface area contributed by atoms with Gasteiger partial charge in [0.05, 0.1) is 0 Å². The van der Waals surface area contributed by atoms with E-state index < -0.39 is 5.97 Å². The smallest absolute Gasteiger partial charge is 0.0445 e. The minimum Gasteiger partial charge on any atom is -0.723 e. The summed E-state index contributed by atoms with van der Waals surface area (Å²) in [7, 11) is 0. The molecule has 0 N–H and O–H groups in total. The number of aliphatic carboxylic acids is 1. The Morgan fingerprint density at radius 3 is 2.33 bits per heavy atom. The molecular weight excluding hydrogens is 160 g/mol. The molecule has 0 aliphatic heterocycles. The van der Waals surface area contributed by atoms with Crippen molar-refractivity contribution in [3.05, 3.63) is 0 Å². The standard InChI is InChI=1S/C8H14O4/c9-8(10)7-3-1-6(2-4-7)5-12-11/h6-7,11H,1-5H2,(H,9,10)/p-2. The van der Waals surface area contributed by atoms with Crippen LogP contribution in [0.3, 0.4) is 0 Å². The number of carboxylic acids is 1. The Hall–Kier alpha value is -0.610. The third-order valence-corrected chi connectivity index (χ3v) is 2.48. The normalized spacial score (nSPS) is 30.1. The van der Waals surface area contributed by atoms with Gasteiger partial charge in [-0.15, -0.1) is 0 Å². The van der Waals surface area contributed by atoms with E-state index in [-0.39, 0.29) is 18.4 Å². The van der Waals surface area contributed by atoms with Crippen LogP contribution in [0, 0.1) is 11.8 Å². The third-order valence-electron chi connectivity index (χ3n) is 2.48. The molecule has 12 heavy (non-hydrogen) atoms. The van der Waals surface area contributed by atoms with Crippen LogP contribution in [-0.4, -0.2) is 12.6 Å². The molecular formula is C8H12O4-2. The van der Waals surface area contributed by atoms with E-state index in [1.807, 2.05) is 0 Å². The van der Waals surface area contributed by atoms with Crippen molar-refractivity contribution in [2.45, 2.75) is 25.7 Å². The van der Waals surface area contributed by atoms with Gasteiger partial charge >= 0.3 is 0 Å². The molecule has 1 rings (SSSR count). The summed E-state index contributed by atoms with van der Waals surface area (Å²) >= 11 is 0. The van der Waals surface area contributed by atoms with Gasteiger partial charge in [-0.2, -0.15) is 0 Å². The molecule has 1 aliphatic carbocycles. The summed E-state index contributed by atoms with van der Waals surface area (Å²) in [5.41, 5.74) is 0. The van der Waals surface area contributed by atoms with Gasteiger partial charge < -0.3 is 20.0 Å². The first-order valence-electron chi connectivity index (χ1n) is 4.19. The lowest BCUT2D eigenvalue weighted by Gasteiger charge is -2.29. The molecule has 0 atom stereocenters. The van der Waals surface area contributed by atoms with Gasteiger partial charge in [-0.1, -0.05) is 0 Å². The van der Waals surface area contributed by atoms with Gasteiger partial charge in [-0.05, 0) is 37.5 Å². The molecule has 0 amide bonds. The van der Waals surface area contributed by atoms with E-state index in [9.17, 15) is 15.2 Å².